The molecule has 3 nitrogen and oxygen atoms in total. The zero-order chi connectivity index (χ0) is 15.3. The Bertz CT molecular complexity index is 443. The highest BCUT2D eigenvalue weighted by Crippen LogP contribution is 2.20. The van der Waals surface area contributed by atoms with E-state index in [1.165, 1.54) is 4.90 Å². The molecule has 0 aromatic heterocycles. The van der Waals surface area contributed by atoms with Crippen molar-refractivity contribution in [1.29, 1.82) is 0 Å². The molecule has 0 radical (unpaired) electrons. The summed E-state index contributed by atoms with van der Waals surface area (Å²) in [5, 5.41) is 8.88. The van der Waals surface area contributed by atoms with Gasteiger partial charge in [0.05, 0.1) is 12.5 Å². The molecule has 0 bridgehead atoms. The van der Waals surface area contributed by atoms with Crippen molar-refractivity contribution in [3.63, 3.8) is 0 Å². The predicted molar refractivity (Wildman–Crippen MR) is 69.5 cm³/mol. The van der Waals surface area contributed by atoms with Gasteiger partial charge in [0.25, 0.3) is 0 Å². The van der Waals surface area contributed by atoms with Gasteiger partial charge in [-0.1, -0.05) is 31.2 Å². The van der Waals surface area contributed by atoms with Gasteiger partial charge in [-0.15, -0.1) is 0 Å². The lowest BCUT2D eigenvalue weighted by atomic mass is 10.00. The average molecular weight is 289 g/mol. The monoisotopic (exact) mass is 289 g/mol. The van der Waals surface area contributed by atoms with Crippen molar-refractivity contribution in [2.75, 3.05) is 13.1 Å². The van der Waals surface area contributed by atoms with Crippen LogP contribution in [0, 0.1) is 0 Å². The van der Waals surface area contributed by atoms with Gasteiger partial charge < -0.3 is 5.11 Å². The van der Waals surface area contributed by atoms with Crippen LogP contribution in [0.5, 0.6) is 0 Å². The highest BCUT2D eigenvalue weighted by molar-refractivity contribution is 5.75. The summed E-state index contributed by atoms with van der Waals surface area (Å²) in [6.07, 6.45) is -4.21. The maximum absolute atomic E-state index is 12.3. The highest BCUT2D eigenvalue weighted by Gasteiger charge is 2.30. The van der Waals surface area contributed by atoms with Crippen molar-refractivity contribution in [1.82, 2.24) is 4.90 Å². The number of hydrogen-bond donors (Lipinski definition) is 1. The molecule has 1 atom stereocenters. The van der Waals surface area contributed by atoms with Crippen LogP contribution in [0.1, 0.15) is 30.9 Å². The molecule has 1 rings (SSSR count). The van der Waals surface area contributed by atoms with E-state index in [2.05, 4.69) is 0 Å². The average Bonchev–Trinajstić information content (AvgIpc) is 2.36. The summed E-state index contributed by atoms with van der Waals surface area (Å²) in [7, 11) is 0. The summed E-state index contributed by atoms with van der Waals surface area (Å²) in [5.74, 6) is -1.55. The summed E-state index contributed by atoms with van der Waals surface area (Å²) >= 11 is 0. The van der Waals surface area contributed by atoms with Crippen molar-refractivity contribution >= 4 is 5.97 Å². The summed E-state index contributed by atoms with van der Waals surface area (Å²) in [4.78, 5) is 12.1. The highest BCUT2D eigenvalue weighted by atomic mass is 19.4. The molecule has 0 fully saturated rings. The van der Waals surface area contributed by atoms with Crippen molar-refractivity contribution in [3.05, 3.63) is 35.4 Å². The second kappa shape index (κ2) is 6.74. The lowest BCUT2D eigenvalue weighted by Crippen LogP contribution is -2.33. The Morgan fingerprint density at radius 2 is 1.85 bits per heavy atom. The van der Waals surface area contributed by atoms with Gasteiger partial charge in [0.1, 0.15) is 0 Å². The lowest BCUT2D eigenvalue weighted by Gasteiger charge is -2.22. The van der Waals surface area contributed by atoms with Crippen molar-refractivity contribution in [2.24, 2.45) is 0 Å². The van der Waals surface area contributed by atoms with Gasteiger partial charge in [0, 0.05) is 6.54 Å². The van der Waals surface area contributed by atoms with Crippen LogP contribution in [0.4, 0.5) is 13.2 Å². The van der Waals surface area contributed by atoms with Crippen LogP contribution in [0.25, 0.3) is 0 Å². The fraction of sp³-hybridized carbons (Fsp3) is 0.500. The third kappa shape index (κ3) is 5.21. The molecule has 0 amide bonds. The zero-order valence-corrected chi connectivity index (χ0v) is 11.4. The lowest BCUT2D eigenvalue weighted by molar-refractivity contribution is -0.146. The Labute approximate surface area is 116 Å². The van der Waals surface area contributed by atoms with Gasteiger partial charge in [0.15, 0.2) is 0 Å². The van der Waals surface area contributed by atoms with E-state index in [1.54, 1.807) is 38.1 Å². The molecule has 0 saturated carbocycles. The van der Waals surface area contributed by atoms with Gasteiger partial charge >= 0.3 is 12.1 Å². The van der Waals surface area contributed by atoms with Gasteiger partial charge in [0.2, 0.25) is 0 Å². The first-order valence-electron chi connectivity index (χ1n) is 6.33. The van der Waals surface area contributed by atoms with Crippen LogP contribution in [0.3, 0.4) is 0 Å². The third-order valence-electron chi connectivity index (χ3n) is 3.11. The van der Waals surface area contributed by atoms with E-state index in [1.807, 2.05) is 0 Å². The Morgan fingerprint density at radius 1 is 1.30 bits per heavy atom. The second-order valence-corrected chi connectivity index (χ2v) is 4.72. The topological polar surface area (TPSA) is 40.5 Å². The molecule has 1 aromatic carbocycles. The molecule has 0 saturated heterocycles. The van der Waals surface area contributed by atoms with Crippen molar-refractivity contribution in [2.45, 2.75) is 32.5 Å². The quantitative estimate of drug-likeness (QED) is 0.874. The first-order valence-corrected chi connectivity index (χ1v) is 6.33. The first kappa shape index (κ1) is 16.5. The maximum atomic E-state index is 12.3. The molecular formula is C14H18F3NO2. The largest absolute Gasteiger partial charge is 0.481 e. The molecule has 1 aromatic rings. The Kier molecular flexibility index (Phi) is 5.56. The molecule has 1 unspecified atom stereocenters. The van der Waals surface area contributed by atoms with Gasteiger partial charge in [-0.25, -0.2) is 0 Å². The minimum atomic E-state index is -4.21. The number of hydrogen-bond acceptors (Lipinski definition) is 2. The van der Waals surface area contributed by atoms with E-state index in [0.29, 0.717) is 12.1 Å². The summed E-state index contributed by atoms with van der Waals surface area (Å²) in [5.41, 5.74) is 1.37. The van der Waals surface area contributed by atoms with E-state index in [0.717, 1.165) is 5.56 Å². The first-order chi connectivity index (χ1) is 9.23. The molecule has 0 aliphatic rings. The van der Waals surface area contributed by atoms with Crippen LogP contribution in [-0.2, 0) is 11.3 Å². The van der Waals surface area contributed by atoms with Crippen LogP contribution >= 0.6 is 0 Å². The number of alkyl halides is 3. The molecule has 6 heteroatoms. The Hall–Kier alpha value is -1.56. The molecule has 20 heavy (non-hydrogen) atoms. The number of rotatable bonds is 6. The van der Waals surface area contributed by atoms with Gasteiger partial charge in [-0.2, -0.15) is 13.2 Å². The molecule has 0 aliphatic heterocycles. The van der Waals surface area contributed by atoms with Gasteiger partial charge in [-0.05, 0) is 24.6 Å². The molecular weight excluding hydrogens is 271 g/mol. The summed E-state index contributed by atoms with van der Waals surface area (Å²) in [6, 6.07) is 6.65. The third-order valence-corrected chi connectivity index (χ3v) is 3.11. The smallest absolute Gasteiger partial charge is 0.401 e. The number of carbonyl (C=O) groups is 1. The fourth-order valence-corrected chi connectivity index (χ4v) is 1.85. The van der Waals surface area contributed by atoms with Crippen LogP contribution in [0.2, 0.25) is 0 Å². The maximum Gasteiger partial charge on any atom is 0.401 e. The number of aliphatic carboxylic acids is 1. The predicted octanol–water partition coefficient (Wildman–Crippen LogP) is 3.26. The van der Waals surface area contributed by atoms with E-state index >= 15 is 0 Å². The van der Waals surface area contributed by atoms with Crippen molar-refractivity contribution < 1.29 is 23.1 Å². The number of nitrogens with zero attached hydrogens (tertiary/aromatic N) is 1. The number of carboxylic acids is 1. The van der Waals surface area contributed by atoms with Crippen molar-refractivity contribution in [3.8, 4) is 0 Å². The normalized spacial score (nSPS) is 13.5. The number of carboxylic acid groups (broad SMARTS) is 1. The summed E-state index contributed by atoms with van der Waals surface area (Å²) < 4.78 is 37.0. The van der Waals surface area contributed by atoms with E-state index < -0.39 is 24.6 Å². The zero-order valence-electron chi connectivity index (χ0n) is 11.4. The molecule has 1 N–H and O–H groups in total. The number of halogens is 3. The second-order valence-electron chi connectivity index (χ2n) is 4.72. The fourth-order valence-electron chi connectivity index (χ4n) is 1.85. The molecule has 0 heterocycles. The molecule has 112 valence electrons. The van der Waals surface area contributed by atoms with Crippen LogP contribution in [0.15, 0.2) is 24.3 Å². The summed E-state index contributed by atoms with van der Waals surface area (Å²) in [6.45, 7) is 2.78. The van der Waals surface area contributed by atoms with Crippen LogP contribution in [-0.4, -0.2) is 35.2 Å². The standard InChI is InChI=1S/C14H18F3NO2/c1-3-18(9-14(15,16)17)8-11-4-6-12(7-5-11)10(2)13(19)20/h4-7,10H,3,8-9H2,1-2H3,(H,19,20). The molecule has 0 aliphatic carbocycles. The minimum Gasteiger partial charge on any atom is -0.481 e. The minimum absolute atomic E-state index is 0.192. The SMILES string of the molecule is CCN(Cc1ccc(C(C)C(=O)O)cc1)CC(F)(F)F. The van der Waals surface area contributed by atoms with Gasteiger partial charge in [-0.3, -0.25) is 9.69 Å². The van der Waals surface area contributed by atoms with E-state index in [4.69, 9.17) is 5.11 Å². The Balaban J connectivity index is 2.71. The van der Waals surface area contributed by atoms with E-state index in [9.17, 15) is 18.0 Å². The Morgan fingerprint density at radius 3 is 2.25 bits per heavy atom. The number of benzene rings is 1. The molecule has 0 spiro atoms. The van der Waals surface area contributed by atoms with Crippen LogP contribution < -0.4 is 0 Å². The van der Waals surface area contributed by atoms with E-state index in [-0.39, 0.29) is 6.54 Å².